The highest BCUT2D eigenvalue weighted by atomic mass is 19.1. The third kappa shape index (κ3) is 6.78. The Morgan fingerprint density at radius 3 is 2.72 bits per heavy atom. The number of hydrogen-bond acceptors (Lipinski definition) is 6. The number of carbonyl (C=O) groups excluding carboxylic acids is 2. The quantitative estimate of drug-likeness (QED) is 0.493. The molecule has 1 aliphatic heterocycles. The minimum atomic E-state index is -0.473. The highest BCUT2D eigenvalue weighted by molar-refractivity contribution is 5.97. The highest BCUT2D eigenvalue weighted by Gasteiger charge is 2.34. The van der Waals surface area contributed by atoms with Crippen molar-refractivity contribution in [2.75, 3.05) is 26.7 Å². The number of ether oxygens (including phenoxy) is 1. The Morgan fingerprint density at radius 1 is 1.26 bits per heavy atom. The molecule has 0 bridgehead atoms. The summed E-state index contributed by atoms with van der Waals surface area (Å²) in [7, 11) is 1.72. The maximum Gasteiger partial charge on any atom is 0.259 e. The largest absolute Gasteiger partial charge is 0.472 e. The van der Waals surface area contributed by atoms with E-state index in [1.165, 1.54) is 12.3 Å². The Bertz CT molecular complexity index is 1390. The van der Waals surface area contributed by atoms with Crippen LogP contribution >= 0.6 is 0 Å². The van der Waals surface area contributed by atoms with Crippen LogP contribution in [0.4, 0.5) is 4.39 Å². The van der Waals surface area contributed by atoms with Crippen molar-refractivity contribution in [2.24, 2.45) is 5.92 Å². The van der Waals surface area contributed by atoms with Crippen molar-refractivity contribution in [3.8, 4) is 17.7 Å². The Hall–Kier alpha value is -4.29. The molecule has 1 aromatic carbocycles. The molecule has 202 valence electrons. The fraction of sp³-hybridized carbons (Fsp3) is 0.333. The van der Waals surface area contributed by atoms with Crippen LogP contribution in [0.5, 0.6) is 5.88 Å². The molecule has 0 fully saturated rings. The van der Waals surface area contributed by atoms with E-state index in [2.05, 4.69) is 21.8 Å². The lowest BCUT2D eigenvalue weighted by Gasteiger charge is -2.37. The summed E-state index contributed by atoms with van der Waals surface area (Å²) < 4.78 is 20.3. The summed E-state index contributed by atoms with van der Waals surface area (Å²) in [5.74, 6) is 4.74. The van der Waals surface area contributed by atoms with E-state index in [0.717, 1.165) is 5.56 Å². The number of halogens is 1. The third-order valence-electron chi connectivity index (χ3n) is 6.72. The van der Waals surface area contributed by atoms with Gasteiger partial charge in [0.1, 0.15) is 17.5 Å². The number of likely N-dealkylation sites (N-methyl/N-ethyl adjacent to an activating group) is 1. The van der Waals surface area contributed by atoms with Gasteiger partial charge in [-0.15, -0.1) is 0 Å². The first kappa shape index (κ1) is 27.7. The first-order valence-electron chi connectivity index (χ1n) is 12.7. The molecule has 0 saturated heterocycles. The second-order valence-corrected chi connectivity index (χ2v) is 9.74. The first-order valence-corrected chi connectivity index (χ1v) is 12.7. The van der Waals surface area contributed by atoms with Crippen LogP contribution in [0.1, 0.15) is 40.9 Å². The van der Waals surface area contributed by atoms with Crippen LogP contribution in [0.25, 0.3) is 0 Å². The number of rotatable bonds is 6. The SMILES string of the molecule is C[C@@H]1CN([C@H](C)CO)C(=O)c2cc(C#Cc3ccccc3F)cnc2O[C@H]1CN(C)C(=O)Cc1ccncc1. The lowest BCUT2D eigenvalue weighted by molar-refractivity contribution is -0.130. The molecule has 4 rings (SSSR count). The maximum atomic E-state index is 14.0. The van der Waals surface area contributed by atoms with E-state index in [1.54, 1.807) is 72.6 Å². The van der Waals surface area contributed by atoms with Crippen LogP contribution < -0.4 is 4.74 Å². The molecule has 39 heavy (non-hydrogen) atoms. The second-order valence-electron chi connectivity index (χ2n) is 9.74. The topological polar surface area (TPSA) is 95.9 Å². The van der Waals surface area contributed by atoms with E-state index in [0.29, 0.717) is 12.1 Å². The Kier molecular flexibility index (Phi) is 8.89. The molecule has 2 amide bonds. The number of hydrogen-bond donors (Lipinski definition) is 1. The fourth-order valence-electron chi connectivity index (χ4n) is 4.27. The number of amides is 2. The van der Waals surface area contributed by atoms with Gasteiger partial charge in [-0.1, -0.05) is 30.9 Å². The van der Waals surface area contributed by atoms with Crippen LogP contribution in [0.2, 0.25) is 0 Å². The second kappa shape index (κ2) is 12.5. The fourth-order valence-corrected chi connectivity index (χ4v) is 4.27. The lowest BCUT2D eigenvalue weighted by Crippen LogP contribution is -2.50. The van der Waals surface area contributed by atoms with Crippen LogP contribution in [-0.4, -0.2) is 75.6 Å². The molecular weight excluding hydrogens is 499 g/mol. The van der Waals surface area contributed by atoms with Gasteiger partial charge in [0.15, 0.2) is 0 Å². The number of carbonyl (C=O) groups is 2. The number of aromatic nitrogens is 2. The number of aliphatic hydroxyl groups is 1. The van der Waals surface area contributed by atoms with Crippen LogP contribution in [0.15, 0.2) is 61.1 Å². The van der Waals surface area contributed by atoms with Gasteiger partial charge in [0.25, 0.3) is 5.91 Å². The molecule has 2 aromatic heterocycles. The number of aliphatic hydroxyl groups excluding tert-OH is 1. The number of fused-ring (bicyclic) bond motifs is 1. The summed E-state index contributed by atoms with van der Waals surface area (Å²) in [6, 6.07) is 10.9. The average molecular weight is 531 g/mol. The van der Waals surface area contributed by atoms with Crippen molar-refractivity contribution in [3.63, 3.8) is 0 Å². The normalized spacial score (nSPS) is 17.6. The smallest absolute Gasteiger partial charge is 0.259 e. The summed E-state index contributed by atoms with van der Waals surface area (Å²) in [4.78, 5) is 38.1. The molecule has 3 heterocycles. The predicted molar refractivity (Wildman–Crippen MR) is 143 cm³/mol. The molecule has 1 aliphatic rings. The Balaban J connectivity index is 1.62. The van der Waals surface area contributed by atoms with Gasteiger partial charge in [-0.05, 0) is 42.8 Å². The Morgan fingerprint density at radius 2 is 2.00 bits per heavy atom. The van der Waals surface area contributed by atoms with E-state index in [4.69, 9.17) is 4.74 Å². The lowest BCUT2D eigenvalue weighted by atomic mass is 9.99. The summed E-state index contributed by atoms with van der Waals surface area (Å²) in [6.45, 7) is 4.07. The zero-order valence-electron chi connectivity index (χ0n) is 22.2. The van der Waals surface area contributed by atoms with E-state index < -0.39 is 18.0 Å². The minimum absolute atomic E-state index is 0.0809. The van der Waals surface area contributed by atoms with Crippen molar-refractivity contribution in [1.82, 2.24) is 19.8 Å². The summed E-state index contributed by atoms with van der Waals surface area (Å²) in [5, 5.41) is 9.86. The van der Waals surface area contributed by atoms with Gasteiger partial charge < -0.3 is 19.6 Å². The van der Waals surface area contributed by atoms with E-state index in [1.807, 2.05) is 6.92 Å². The number of pyridine rings is 2. The molecule has 9 heteroatoms. The number of benzene rings is 1. The predicted octanol–water partition coefficient (Wildman–Crippen LogP) is 2.94. The van der Waals surface area contributed by atoms with Gasteiger partial charge in [0.2, 0.25) is 11.8 Å². The van der Waals surface area contributed by atoms with Crippen LogP contribution in [0, 0.1) is 23.6 Å². The van der Waals surface area contributed by atoms with Gasteiger partial charge >= 0.3 is 0 Å². The zero-order valence-corrected chi connectivity index (χ0v) is 22.2. The van der Waals surface area contributed by atoms with Crippen LogP contribution in [0.3, 0.4) is 0 Å². The third-order valence-corrected chi connectivity index (χ3v) is 6.72. The average Bonchev–Trinajstić information content (AvgIpc) is 2.94. The molecular formula is C30H31FN4O4. The van der Waals surface area contributed by atoms with Gasteiger partial charge in [-0.2, -0.15) is 0 Å². The standard InChI is InChI=1S/C30H31FN4O4/c1-20-17-35(21(2)19-36)30(38)25-14-23(8-9-24-6-4-5-7-26(24)31)16-33-29(25)39-27(20)18-34(3)28(37)15-22-10-12-32-13-11-22/h4-7,10-14,16,20-21,27,36H,15,17-19H2,1-3H3/t20-,21-,27+/m1/s1. The Labute approximate surface area is 227 Å². The van der Waals surface area contributed by atoms with Gasteiger partial charge in [-0.3, -0.25) is 14.6 Å². The van der Waals surface area contributed by atoms with E-state index in [9.17, 15) is 19.1 Å². The monoisotopic (exact) mass is 530 g/mol. The van der Waals surface area contributed by atoms with Crippen LogP contribution in [-0.2, 0) is 11.2 Å². The molecule has 8 nitrogen and oxygen atoms in total. The summed E-state index contributed by atoms with van der Waals surface area (Å²) in [6.07, 6.45) is 4.52. The van der Waals surface area contributed by atoms with Gasteiger partial charge in [0, 0.05) is 43.7 Å². The summed E-state index contributed by atoms with van der Waals surface area (Å²) in [5.41, 5.74) is 1.70. The minimum Gasteiger partial charge on any atom is -0.472 e. The van der Waals surface area contributed by atoms with Gasteiger partial charge in [0.05, 0.1) is 31.2 Å². The van der Waals surface area contributed by atoms with Crippen molar-refractivity contribution in [2.45, 2.75) is 32.4 Å². The van der Waals surface area contributed by atoms with Crippen molar-refractivity contribution in [3.05, 3.63) is 89.1 Å². The molecule has 0 spiro atoms. The zero-order chi connectivity index (χ0) is 27.9. The maximum absolute atomic E-state index is 14.0. The van der Waals surface area contributed by atoms with Crippen molar-refractivity contribution >= 4 is 11.8 Å². The molecule has 0 aliphatic carbocycles. The first-order chi connectivity index (χ1) is 18.8. The summed E-state index contributed by atoms with van der Waals surface area (Å²) >= 11 is 0. The molecule has 3 atom stereocenters. The van der Waals surface area contributed by atoms with Crippen molar-refractivity contribution < 1.29 is 23.8 Å². The molecule has 1 N–H and O–H groups in total. The van der Waals surface area contributed by atoms with Crippen molar-refractivity contribution in [1.29, 1.82) is 0 Å². The molecule has 0 unspecified atom stereocenters. The number of nitrogens with zero attached hydrogens (tertiary/aromatic N) is 4. The molecule has 0 radical (unpaired) electrons. The van der Waals surface area contributed by atoms with Gasteiger partial charge in [-0.25, -0.2) is 9.37 Å². The van der Waals surface area contributed by atoms with E-state index in [-0.39, 0.29) is 54.3 Å². The van der Waals surface area contributed by atoms with E-state index >= 15 is 0 Å². The molecule has 3 aromatic rings. The molecule has 0 saturated carbocycles. The highest BCUT2D eigenvalue weighted by Crippen LogP contribution is 2.27.